The monoisotopic (exact) mass is 477 g/mol. The van der Waals surface area contributed by atoms with Crippen molar-refractivity contribution in [2.75, 3.05) is 11.6 Å². The molecule has 3 aromatic heterocycles. The van der Waals surface area contributed by atoms with Gasteiger partial charge in [0, 0.05) is 20.7 Å². The third-order valence-corrected chi connectivity index (χ3v) is 7.16. The van der Waals surface area contributed by atoms with Crippen molar-refractivity contribution < 1.29 is 9.21 Å². The maximum atomic E-state index is 13.5. The number of carbonyl (C=O) groups is 1. The second kappa shape index (κ2) is 8.76. The van der Waals surface area contributed by atoms with Gasteiger partial charge < -0.3 is 9.73 Å². The molecule has 33 heavy (non-hydrogen) atoms. The van der Waals surface area contributed by atoms with Gasteiger partial charge in [-0.1, -0.05) is 24.3 Å². The molecule has 0 unspecified atom stereocenters. The maximum Gasteiger partial charge on any atom is 0.332 e. The maximum absolute atomic E-state index is 13.5. The van der Waals surface area contributed by atoms with Crippen LogP contribution < -0.4 is 16.6 Å². The van der Waals surface area contributed by atoms with Crippen LogP contribution in [0.5, 0.6) is 0 Å². The minimum atomic E-state index is -0.555. The highest BCUT2D eigenvalue weighted by molar-refractivity contribution is 7.98. The number of benzene rings is 2. The van der Waals surface area contributed by atoms with E-state index < -0.39 is 11.2 Å². The van der Waals surface area contributed by atoms with E-state index in [1.54, 1.807) is 30.0 Å². The Morgan fingerprint density at radius 1 is 1.06 bits per heavy atom. The molecule has 0 aliphatic heterocycles. The van der Waals surface area contributed by atoms with Crippen molar-refractivity contribution >= 4 is 55.0 Å². The lowest BCUT2D eigenvalue weighted by atomic mass is 10.2. The van der Waals surface area contributed by atoms with Gasteiger partial charge in [0.15, 0.2) is 0 Å². The third kappa shape index (κ3) is 4.01. The SMILES string of the molecule is CSc1cccc(NC(=O)Cn2c(=O)n(Cc3ccco3)c(=O)c3sc4ccccc4c32)c1. The number of hydrogen-bond acceptors (Lipinski definition) is 6. The van der Waals surface area contributed by atoms with Crippen LogP contribution in [-0.4, -0.2) is 21.3 Å². The molecule has 7 nitrogen and oxygen atoms in total. The largest absolute Gasteiger partial charge is 0.467 e. The molecule has 0 aliphatic carbocycles. The Hall–Kier alpha value is -3.56. The fraction of sp³-hybridized carbons (Fsp3) is 0.125. The lowest BCUT2D eigenvalue weighted by Gasteiger charge is -2.12. The molecule has 166 valence electrons. The summed E-state index contributed by atoms with van der Waals surface area (Å²) in [5.74, 6) is 0.134. The van der Waals surface area contributed by atoms with E-state index in [4.69, 9.17) is 4.42 Å². The van der Waals surface area contributed by atoms with Crippen LogP contribution >= 0.6 is 23.1 Å². The topological polar surface area (TPSA) is 86.2 Å². The van der Waals surface area contributed by atoms with E-state index in [0.29, 0.717) is 21.7 Å². The van der Waals surface area contributed by atoms with Crippen LogP contribution in [0.1, 0.15) is 5.76 Å². The Bertz CT molecular complexity index is 1600. The summed E-state index contributed by atoms with van der Waals surface area (Å²) < 4.78 is 9.17. The molecule has 3 heterocycles. The Labute approximate surface area is 196 Å². The molecule has 1 amide bonds. The van der Waals surface area contributed by atoms with Crippen LogP contribution in [0.25, 0.3) is 20.3 Å². The average molecular weight is 478 g/mol. The molecule has 5 rings (SSSR count). The fourth-order valence-corrected chi connectivity index (χ4v) is 5.40. The number of aromatic nitrogens is 2. The third-order valence-electron chi connectivity index (χ3n) is 5.29. The van der Waals surface area contributed by atoms with Crippen LogP contribution in [-0.2, 0) is 17.9 Å². The van der Waals surface area contributed by atoms with Gasteiger partial charge in [-0.3, -0.25) is 18.7 Å². The molecule has 0 fully saturated rings. The summed E-state index contributed by atoms with van der Waals surface area (Å²) in [6.45, 7) is -0.232. The zero-order valence-electron chi connectivity index (χ0n) is 17.6. The van der Waals surface area contributed by atoms with E-state index in [1.807, 2.05) is 48.7 Å². The van der Waals surface area contributed by atoms with Gasteiger partial charge in [-0.15, -0.1) is 23.1 Å². The first kappa shape index (κ1) is 21.3. The Morgan fingerprint density at radius 3 is 2.70 bits per heavy atom. The quantitative estimate of drug-likeness (QED) is 0.367. The highest BCUT2D eigenvalue weighted by atomic mass is 32.2. The lowest BCUT2D eigenvalue weighted by molar-refractivity contribution is -0.116. The first-order chi connectivity index (χ1) is 16.0. The summed E-state index contributed by atoms with van der Waals surface area (Å²) in [6.07, 6.45) is 3.45. The number of nitrogens with zero attached hydrogens (tertiary/aromatic N) is 2. The van der Waals surface area contributed by atoms with E-state index in [2.05, 4.69) is 5.32 Å². The molecule has 0 radical (unpaired) electrons. The summed E-state index contributed by atoms with van der Waals surface area (Å²) in [4.78, 5) is 40.7. The number of fused-ring (bicyclic) bond motifs is 3. The molecule has 1 N–H and O–H groups in total. The number of nitrogens with one attached hydrogen (secondary N) is 1. The molecule has 5 aromatic rings. The van der Waals surface area contributed by atoms with Gasteiger partial charge in [0.25, 0.3) is 5.56 Å². The van der Waals surface area contributed by atoms with E-state index in [9.17, 15) is 14.4 Å². The Morgan fingerprint density at radius 2 is 1.91 bits per heavy atom. The first-order valence-corrected chi connectivity index (χ1v) is 12.2. The van der Waals surface area contributed by atoms with Crippen molar-refractivity contribution in [1.29, 1.82) is 0 Å². The zero-order valence-corrected chi connectivity index (χ0v) is 19.2. The molecule has 0 atom stereocenters. The number of rotatable bonds is 6. The average Bonchev–Trinajstić information content (AvgIpc) is 3.47. The Balaban J connectivity index is 1.63. The van der Waals surface area contributed by atoms with Crippen LogP contribution in [0.4, 0.5) is 5.69 Å². The minimum absolute atomic E-state index is 0.00770. The van der Waals surface area contributed by atoms with Gasteiger partial charge in [-0.2, -0.15) is 0 Å². The van der Waals surface area contributed by atoms with Crippen molar-refractivity contribution in [1.82, 2.24) is 9.13 Å². The standard InChI is InChI=1S/C24H19N3O4S2/c1-32-17-8-4-6-15(12-17)25-20(28)14-26-21-18-9-2-3-10-19(18)33-22(21)23(29)27(24(26)30)13-16-7-5-11-31-16/h2-12H,13-14H2,1H3,(H,25,28). The van der Waals surface area contributed by atoms with Crippen LogP contribution in [0, 0.1) is 0 Å². The van der Waals surface area contributed by atoms with E-state index in [-0.39, 0.29) is 19.0 Å². The zero-order chi connectivity index (χ0) is 22.9. The van der Waals surface area contributed by atoms with E-state index in [1.165, 1.54) is 22.2 Å². The van der Waals surface area contributed by atoms with Crippen molar-refractivity contribution in [3.63, 3.8) is 0 Å². The highest BCUT2D eigenvalue weighted by Gasteiger charge is 2.20. The number of thioether (sulfide) groups is 1. The summed E-state index contributed by atoms with van der Waals surface area (Å²) >= 11 is 2.89. The molecular weight excluding hydrogens is 458 g/mol. The summed E-state index contributed by atoms with van der Waals surface area (Å²) in [6, 6.07) is 18.4. The predicted molar refractivity (Wildman–Crippen MR) is 133 cm³/mol. The van der Waals surface area contributed by atoms with Crippen LogP contribution in [0.15, 0.2) is 85.8 Å². The van der Waals surface area contributed by atoms with Crippen molar-refractivity contribution in [3.8, 4) is 0 Å². The minimum Gasteiger partial charge on any atom is -0.467 e. The smallest absolute Gasteiger partial charge is 0.332 e. The summed E-state index contributed by atoms with van der Waals surface area (Å²) in [7, 11) is 0. The second-order valence-corrected chi connectivity index (χ2v) is 9.33. The number of carbonyl (C=O) groups excluding carboxylic acids is 1. The highest BCUT2D eigenvalue weighted by Crippen LogP contribution is 2.31. The van der Waals surface area contributed by atoms with Crippen LogP contribution in [0.3, 0.4) is 0 Å². The molecule has 0 saturated carbocycles. The van der Waals surface area contributed by atoms with Crippen LogP contribution in [0.2, 0.25) is 0 Å². The molecule has 0 saturated heterocycles. The molecular formula is C24H19N3O4S2. The van der Waals surface area contributed by atoms with Gasteiger partial charge in [0.2, 0.25) is 5.91 Å². The van der Waals surface area contributed by atoms with Gasteiger partial charge in [-0.05, 0) is 42.7 Å². The normalized spacial score (nSPS) is 11.3. The molecule has 0 spiro atoms. The first-order valence-electron chi connectivity index (χ1n) is 10.2. The van der Waals surface area contributed by atoms with Gasteiger partial charge in [0.05, 0.1) is 18.3 Å². The number of hydrogen-bond donors (Lipinski definition) is 1. The van der Waals surface area contributed by atoms with Gasteiger partial charge in [-0.25, -0.2) is 4.79 Å². The number of amides is 1. The number of furan rings is 1. The summed E-state index contributed by atoms with van der Waals surface area (Å²) in [5, 5.41) is 3.63. The van der Waals surface area contributed by atoms with Crippen molar-refractivity contribution in [2.45, 2.75) is 18.0 Å². The van der Waals surface area contributed by atoms with Gasteiger partial charge in [0.1, 0.15) is 17.0 Å². The number of anilines is 1. The summed E-state index contributed by atoms with van der Waals surface area (Å²) in [5.41, 5.74) is 0.182. The molecule has 0 aliphatic rings. The van der Waals surface area contributed by atoms with Crippen molar-refractivity contribution in [2.24, 2.45) is 0 Å². The second-order valence-electron chi connectivity index (χ2n) is 7.40. The lowest BCUT2D eigenvalue weighted by Crippen LogP contribution is -2.41. The number of thiophene rings is 1. The Kier molecular flexibility index (Phi) is 5.65. The molecule has 9 heteroatoms. The molecule has 2 aromatic carbocycles. The van der Waals surface area contributed by atoms with E-state index in [0.717, 1.165) is 19.5 Å². The van der Waals surface area contributed by atoms with Gasteiger partial charge >= 0.3 is 5.69 Å². The fourth-order valence-electron chi connectivity index (χ4n) is 3.79. The van der Waals surface area contributed by atoms with E-state index >= 15 is 0 Å². The molecule has 0 bridgehead atoms. The predicted octanol–water partition coefficient (Wildman–Crippen LogP) is 4.38. The van der Waals surface area contributed by atoms with Crippen molar-refractivity contribution in [3.05, 3.63) is 93.5 Å².